The van der Waals surface area contributed by atoms with E-state index in [1.54, 1.807) is 0 Å². The lowest BCUT2D eigenvalue weighted by Crippen LogP contribution is -2.38. The quantitative estimate of drug-likeness (QED) is 0.321. The van der Waals surface area contributed by atoms with Gasteiger partial charge in [-0.15, -0.1) is 11.3 Å². The van der Waals surface area contributed by atoms with Crippen LogP contribution in [0.3, 0.4) is 0 Å². The number of amides is 1. The number of rotatable bonds is 7. The van der Waals surface area contributed by atoms with E-state index in [0.717, 1.165) is 53.8 Å². The summed E-state index contributed by atoms with van der Waals surface area (Å²) < 4.78 is 22.0. The molecule has 0 bridgehead atoms. The molecule has 30 heavy (non-hydrogen) atoms. The Morgan fingerprint density at radius 1 is 1.33 bits per heavy atom. The van der Waals surface area contributed by atoms with E-state index in [0.29, 0.717) is 23.8 Å². The molecule has 12 heteroatoms. The van der Waals surface area contributed by atoms with Crippen LogP contribution >= 0.6 is 35.1 Å². The molecule has 1 fully saturated rings. The summed E-state index contributed by atoms with van der Waals surface area (Å²) in [6.45, 7) is 7.70. The molecule has 9 nitrogen and oxygen atoms in total. The SMILES string of the molecule is CCOc1c(C(=O)NCCCN2CCOCC2)sc2ccc(Br)cc12.O=P(O)(O)O. The Bertz CT molecular complexity index is 875. The highest BCUT2D eigenvalue weighted by Crippen LogP contribution is 2.39. The summed E-state index contributed by atoms with van der Waals surface area (Å²) in [7, 11) is -4.64. The van der Waals surface area contributed by atoms with E-state index in [2.05, 4.69) is 26.1 Å². The van der Waals surface area contributed by atoms with Gasteiger partial charge in [-0.2, -0.15) is 0 Å². The number of carbonyl (C=O) groups is 1. The highest BCUT2D eigenvalue weighted by Gasteiger charge is 2.20. The van der Waals surface area contributed by atoms with Crippen molar-refractivity contribution in [1.82, 2.24) is 10.2 Å². The number of ether oxygens (including phenoxy) is 2. The molecule has 3 rings (SSSR count). The number of halogens is 1. The van der Waals surface area contributed by atoms with Crippen molar-refractivity contribution in [1.29, 1.82) is 0 Å². The van der Waals surface area contributed by atoms with E-state index in [4.69, 9.17) is 28.7 Å². The van der Waals surface area contributed by atoms with E-state index >= 15 is 0 Å². The lowest BCUT2D eigenvalue weighted by molar-refractivity contribution is 0.0374. The first-order valence-corrected chi connectivity index (χ1v) is 12.6. The van der Waals surface area contributed by atoms with Crippen molar-refractivity contribution in [3.05, 3.63) is 27.5 Å². The normalized spacial score (nSPS) is 14.8. The first-order valence-electron chi connectivity index (χ1n) is 9.40. The van der Waals surface area contributed by atoms with Crippen molar-refractivity contribution in [3.63, 3.8) is 0 Å². The zero-order valence-electron chi connectivity index (χ0n) is 16.5. The van der Waals surface area contributed by atoms with E-state index < -0.39 is 7.82 Å². The topological polar surface area (TPSA) is 129 Å². The number of carbonyl (C=O) groups excluding carboxylic acids is 1. The molecule has 168 valence electrons. The highest BCUT2D eigenvalue weighted by atomic mass is 79.9. The summed E-state index contributed by atoms with van der Waals surface area (Å²) >= 11 is 4.97. The van der Waals surface area contributed by atoms with E-state index in [1.165, 1.54) is 11.3 Å². The summed E-state index contributed by atoms with van der Waals surface area (Å²) in [6, 6.07) is 6.01. The van der Waals surface area contributed by atoms with Crippen LogP contribution in [0.1, 0.15) is 23.0 Å². The fourth-order valence-corrected chi connectivity index (χ4v) is 4.30. The molecule has 0 aliphatic carbocycles. The number of morpholine rings is 1. The third-order valence-electron chi connectivity index (χ3n) is 4.14. The maximum atomic E-state index is 12.6. The summed E-state index contributed by atoms with van der Waals surface area (Å²) in [5.41, 5.74) is 0. The van der Waals surface area contributed by atoms with Crippen LogP contribution in [0.25, 0.3) is 10.1 Å². The van der Waals surface area contributed by atoms with Gasteiger partial charge in [-0.1, -0.05) is 15.9 Å². The Hall–Kier alpha value is -1.04. The smallest absolute Gasteiger partial charge is 0.466 e. The zero-order valence-corrected chi connectivity index (χ0v) is 19.8. The third kappa shape index (κ3) is 8.60. The number of fused-ring (bicyclic) bond motifs is 1. The van der Waals surface area contributed by atoms with Crippen molar-refractivity contribution in [2.24, 2.45) is 0 Å². The Morgan fingerprint density at radius 2 is 2.00 bits per heavy atom. The van der Waals surface area contributed by atoms with Crippen LogP contribution in [0.15, 0.2) is 22.7 Å². The van der Waals surface area contributed by atoms with Crippen molar-refractivity contribution in [2.75, 3.05) is 46.0 Å². The number of nitrogens with one attached hydrogen (secondary N) is 1. The summed E-state index contributed by atoms with van der Waals surface area (Å²) in [6.07, 6.45) is 0.937. The molecule has 1 aliphatic rings. The van der Waals surface area contributed by atoms with Crippen LogP contribution in [0.5, 0.6) is 5.75 Å². The molecule has 0 spiro atoms. The number of phosphoric acid groups is 1. The molecular formula is C18H26BrN2O7PS. The van der Waals surface area contributed by atoms with Gasteiger partial charge in [-0.25, -0.2) is 4.57 Å². The van der Waals surface area contributed by atoms with Crippen LogP contribution in [-0.4, -0.2) is 71.5 Å². The van der Waals surface area contributed by atoms with Crippen LogP contribution in [0.4, 0.5) is 0 Å². The minimum absolute atomic E-state index is 0.0530. The van der Waals surface area contributed by atoms with Crippen LogP contribution in [0, 0.1) is 0 Å². The molecule has 1 aromatic heterocycles. The summed E-state index contributed by atoms with van der Waals surface area (Å²) in [4.78, 5) is 37.2. The fourth-order valence-electron chi connectivity index (χ4n) is 2.89. The number of hydrogen-bond donors (Lipinski definition) is 4. The molecule has 1 amide bonds. The number of benzene rings is 1. The monoisotopic (exact) mass is 524 g/mol. The average molecular weight is 525 g/mol. The molecule has 0 unspecified atom stereocenters. The Labute approximate surface area is 187 Å². The molecule has 0 saturated carbocycles. The van der Waals surface area contributed by atoms with Gasteiger partial charge in [-0.3, -0.25) is 9.69 Å². The minimum atomic E-state index is -4.64. The first-order chi connectivity index (χ1) is 14.2. The minimum Gasteiger partial charge on any atom is -0.491 e. The highest BCUT2D eigenvalue weighted by molar-refractivity contribution is 9.10. The fraction of sp³-hybridized carbons (Fsp3) is 0.500. The Kier molecular flexibility index (Phi) is 10.2. The number of hydrogen-bond acceptors (Lipinski definition) is 6. The van der Waals surface area contributed by atoms with Gasteiger partial charge < -0.3 is 29.5 Å². The van der Waals surface area contributed by atoms with Crippen LogP contribution in [0.2, 0.25) is 0 Å². The van der Waals surface area contributed by atoms with Gasteiger partial charge in [-0.05, 0) is 38.1 Å². The van der Waals surface area contributed by atoms with E-state index in [-0.39, 0.29) is 5.91 Å². The second-order valence-electron chi connectivity index (χ2n) is 6.41. The standard InChI is InChI=1S/C18H23BrN2O3S.H3O4P/c1-2-24-16-14-12-13(19)4-5-15(14)25-17(16)18(22)20-6-3-7-21-8-10-23-11-9-21;1-5(2,3)4/h4-5,12H,2-3,6-11H2,1H3,(H,20,22);(H3,1,2,3,4). The second kappa shape index (κ2) is 12.1. The molecular weight excluding hydrogens is 499 g/mol. The summed E-state index contributed by atoms with van der Waals surface area (Å²) in [5.74, 6) is 0.636. The molecule has 4 N–H and O–H groups in total. The number of thiophene rings is 1. The molecule has 2 heterocycles. The van der Waals surface area contributed by atoms with Crippen molar-refractivity contribution in [3.8, 4) is 5.75 Å². The van der Waals surface area contributed by atoms with Gasteiger partial charge in [0.2, 0.25) is 0 Å². The van der Waals surface area contributed by atoms with E-state index in [1.807, 2.05) is 25.1 Å². The van der Waals surface area contributed by atoms with Crippen LogP contribution in [-0.2, 0) is 9.30 Å². The predicted octanol–water partition coefficient (Wildman–Crippen LogP) is 2.59. The second-order valence-corrected chi connectivity index (χ2v) is 9.40. The first kappa shape index (κ1) is 25.2. The average Bonchev–Trinajstić information content (AvgIpc) is 3.03. The van der Waals surface area contributed by atoms with Crippen LogP contribution < -0.4 is 10.1 Å². The van der Waals surface area contributed by atoms with E-state index in [9.17, 15) is 4.79 Å². The van der Waals surface area contributed by atoms with Gasteiger partial charge in [0.1, 0.15) is 4.88 Å². The largest absolute Gasteiger partial charge is 0.491 e. The van der Waals surface area contributed by atoms with Crippen molar-refractivity contribution < 1.29 is 33.5 Å². The number of nitrogens with zero attached hydrogens (tertiary/aromatic N) is 1. The lowest BCUT2D eigenvalue weighted by Gasteiger charge is -2.26. The molecule has 2 aromatic rings. The molecule has 1 aliphatic heterocycles. The van der Waals surface area contributed by atoms with Gasteiger partial charge in [0.25, 0.3) is 5.91 Å². The molecule has 1 saturated heterocycles. The zero-order chi connectivity index (χ0) is 22.1. The van der Waals surface area contributed by atoms with Crippen molar-refractivity contribution in [2.45, 2.75) is 13.3 Å². The van der Waals surface area contributed by atoms with Gasteiger partial charge in [0, 0.05) is 34.2 Å². The Morgan fingerprint density at radius 3 is 2.63 bits per heavy atom. The van der Waals surface area contributed by atoms with Crippen molar-refractivity contribution >= 4 is 51.1 Å². The molecule has 0 atom stereocenters. The maximum absolute atomic E-state index is 12.6. The maximum Gasteiger partial charge on any atom is 0.466 e. The van der Waals surface area contributed by atoms with Gasteiger partial charge in [0.05, 0.1) is 19.8 Å². The van der Waals surface area contributed by atoms with Gasteiger partial charge >= 0.3 is 7.82 Å². The van der Waals surface area contributed by atoms with Gasteiger partial charge in [0.15, 0.2) is 5.75 Å². The Balaban J connectivity index is 0.000000575. The third-order valence-corrected chi connectivity index (χ3v) is 5.78. The molecule has 1 aromatic carbocycles. The predicted molar refractivity (Wildman–Crippen MR) is 119 cm³/mol. The lowest BCUT2D eigenvalue weighted by atomic mass is 10.2. The molecule has 0 radical (unpaired) electrons. The summed E-state index contributed by atoms with van der Waals surface area (Å²) in [5, 5.41) is 4.02.